The van der Waals surface area contributed by atoms with E-state index in [0.717, 1.165) is 253 Å². The average molecular weight is 1770 g/mol. The van der Waals surface area contributed by atoms with Crippen molar-refractivity contribution < 1.29 is 0 Å². The highest BCUT2D eigenvalue weighted by molar-refractivity contribution is 6.32. The van der Waals surface area contributed by atoms with Crippen molar-refractivity contribution in [1.82, 2.24) is 98.8 Å². The van der Waals surface area contributed by atoms with Gasteiger partial charge in [-0.2, -0.15) is 0 Å². The van der Waals surface area contributed by atoms with Gasteiger partial charge in [-0.1, -0.05) is 88.3 Å². The smallest absolute Gasteiger partial charge is 0.140 e. The summed E-state index contributed by atoms with van der Waals surface area (Å²) in [6, 6.07) is 42.2. The molecular formula is C94H114Cl5N25. The molecule has 8 aliphatic heterocycles. The van der Waals surface area contributed by atoms with Crippen molar-refractivity contribution in [1.29, 1.82) is 0 Å². The highest BCUT2D eigenvalue weighted by Gasteiger charge is 2.51. The lowest BCUT2D eigenvalue weighted by molar-refractivity contribution is 0.110. The number of halogens is 5. The molecule has 3 aliphatic carbocycles. The third-order valence-electron chi connectivity index (χ3n) is 28.6. The molecule has 8 atom stereocenters. The topological polar surface area (TPSA) is 230 Å². The number of imidazole rings is 4. The second-order valence-electron chi connectivity index (χ2n) is 36.6. The van der Waals surface area contributed by atoms with Gasteiger partial charge >= 0.3 is 0 Å². The molecule has 12 aromatic heterocycles. The van der Waals surface area contributed by atoms with Crippen molar-refractivity contribution in [3.63, 3.8) is 0 Å². The van der Waals surface area contributed by atoms with E-state index < -0.39 is 0 Å². The Labute approximate surface area is 751 Å². The van der Waals surface area contributed by atoms with Crippen LogP contribution in [0.2, 0.25) is 25.4 Å². The monoisotopic (exact) mass is 1770 g/mol. The Morgan fingerprint density at radius 1 is 0.379 bits per heavy atom. The predicted octanol–water partition coefficient (Wildman–Crippen LogP) is 16.6. The van der Waals surface area contributed by atoms with Gasteiger partial charge in [0.1, 0.15) is 67.7 Å². The molecule has 30 heteroatoms. The SMILES string of the molecule is CN1CCN(c2cccc3nc([C@H]4CCC[C@@H](c5ncccc5Cl)N4)c(Cl)n23)CC12CC2.Cc1cccnc1[C@@H]1CCC[C@H](c2nc3cccc(N4CCN(C)CC4)n3c2N)N1C.Clc1cccnc1[C@@H]1CCC[C@H](c2cn3c(N4CCNC5(CC5)C4)cccc3n2)N1.Clc1cccnc1[C@@H]1CCC[C@H](c2nc3cccc(N4CCNC5(CC5)C4)n3c2Cl)N1. The first-order valence-electron chi connectivity index (χ1n) is 45.2. The first-order chi connectivity index (χ1) is 60.4. The van der Waals surface area contributed by atoms with Crippen molar-refractivity contribution in [3.05, 3.63) is 229 Å². The van der Waals surface area contributed by atoms with Crippen LogP contribution in [0.15, 0.2) is 152 Å². The number of fused-ring (bicyclic) bond motifs is 4. The van der Waals surface area contributed by atoms with Gasteiger partial charge in [0.25, 0.3) is 0 Å². The number of pyridine rings is 8. The fraction of sp³-hybridized carbons (Fsp3) is 0.489. The normalized spacial score (nSPS) is 25.0. The van der Waals surface area contributed by atoms with E-state index in [1.165, 1.54) is 55.6 Å². The maximum atomic E-state index is 7.04. The summed E-state index contributed by atoms with van der Waals surface area (Å²) >= 11 is 33.3. The van der Waals surface area contributed by atoms with Gasteiger partial charge in [-0.25, -0.2) is 19.9 Å². The number of aryl methyl sites for hydroxylation is 1. The molecule has 25 nitrogen and oxygen atoms in total. The fourth-order valence-electron chi connectivity index (χ4n) is 21.1. The van der Waals surface area contributed by atoms with E-state index in [2.05, 4.69) is 200 Å². The fourth-order valence-corrected chi connectivity index (χ4v) is 22.5. The molecule has 0 amide bonds. The van der Waals surface area contributed by atoms with Crippen molar-refractivity contribution in [2.75, 3.05) is 132 Å². The lowest BCUT2D eigenvalue weighted by Crippen LogP contribution is -2.53. The van der Waals surface area contributed by atoms with E-state index in [-0.39, 0.29) is 42.3 Å². The summed E-state index contributed by atoms with van der Waals surface area (Å²) in [5, 5.41) is 22.2. The lowest BCUT2D eigenvalue weighted by atomic mass is 9.91. The van der Waals surface area contributed by atoms with Gasteiger partial charge in [-0.3, -0.25) is 47.3 Å². The average Bonchev–Trinajstić information content (AvgIpc) is 1.59. The molecule has 11 fully saturated rings. The van der Waals surface area contributed by atoms with E-state index in [4.69, 9.17) is 88.7 Å². The molecule has 0 aromatic carbocycles. The van der Waals surface area contributed by atoms with Crippen LogP contribution in [0.25, 0.3) is 22.6 Å². The Hall–Kier alpha value is -8.51. The number of nitrogens with zero attached hydrogens (tertiary/aromatic N) is 19. The summed E-state index contributed by atoms with van der Waals surface area (Å²) < 4.78 is 8.69. The van der Waals surface area contributed by atoms with Crippen LogP contribution in [-0.2, 0) is 0 Å². The Kier molecular flexibility index (Phi) is 23.8. The van der Waals surface area contributed by atoms with Crippen LogP contribution >= 0.6 is 58.0 Å². The van der Waals surface area contributed by atoms with Crippen LogP contribution in [0.1, 0.15) is 215 Å². The number of piperazine rings is 4. The first kappa shape index (κ1) is 83.7. The van der Waals surface area contributed by atoms with Gasteiger partial charge < -0.3 is 56.8 Å². The number of rotatable bonds is 12. The van der Waals surface area contributed by atoms with E-state index in [1.807, 2.05) is 60.9 Å². The number of nitrogens with two attached hydrogens (primary N) is 1. The van der Waals surface area contributed by atoms with Crippen molar-refractivity contribution >= 4 is 110 Å². The predicted molar refractivity (Wildman–Crippen MR) is 497 cm³/mol. The van der Waals surface area contributed by atoms with Crippen LogP contribution in [0.3, 0.4) is 0 Å². The second-order valence-corrected chi connectivity index (χ2v) is 38.6. The van der Waals surface area contributed by atoms with Crippen LogP contribution in [0, 0.1) is 6.92 Å². The molecule has 3 saturated carbocycles. The number of piperidine rings is 4. The number of hydrogen-bond acceptors (Lipinski definition) is 21. The molecule has 0 radical (unpaired) electrons. The van der Waals surface area contributed by atoms with E-state index in [0.29, 0.717) is 43.0 Å². The van der Waals surface area contributed by atoms with Gasteiger partial charge in [0.05, 0.1) is 103 Å². The van der Waals surface area contributed by atoms with Crippen LogP contribution in [0.5, 0.6) is 0 Å². The number of likely N-dealkylation sites (N-methyl/N-ethyl adjacent to an activating group) is 2. The quantitative estimate of drug-likeness (QED) is 0.0668. The summed E-state index contributed by atoms with van der Waals surface area (Å²) in [5.74, 6) is 5.45. The highest BCUT2D eigenvalue weighted by Crippen LogP contribution is 2.49. The van der Waals surface area contributed by atoms with Gasteiger partial charge in [-0.15, -0.1) is 0 Å². The van der Waals surface area contributed by atoms with Crippen molar-refractivity contribution in [2.24, 2.45) is 0 Å². The second kappa shape index (κ2) is 35.3. The summed E-state index contributed by atoms with van der Waals surface area (Å²) in [6.07, 6.45) is 30.0. The summed E-state index contributed by atoms with van der Waals surface area (Å²) in [5.41, 5.74) is 20.7. The molecule has 650 valence electrons. The summed E-state index contributed by atoms with van der Waals surface area (Å²) in [6.45, 7) is 15.6. The molecule has 20 heterocycles. The first-order valence-corrected chi connectivity index (χ1v) is 47.0. The lowest BCUT2D eigenvalue weighted by Gasteiger charge is -2.41. The summed E-state index contributed by atoms with van der Waals surface area (Å²) in [4.78, 5) is 55.5. The third kappa shape index (κ3) is 16.8. The molecular weight excluding hydrogens is 1660 g/mol. The Balaban J connectivity index is 0.000000105. The van der Waals surface area contributed by atoms with E-state index >= 15 is 0 Å². The Morgan fingerprint density at radius 2 is 0.790 bits per heavy atom. The zero-order valence-corrected chi connectivity index (χ0v) is 75.2. The minimum atomic E-state index is 0.0781. The molecule has 8 saturated heterocycles. The molecule has 3 spiro atoms. The largest absolute Gasteiger partial charge is 0.383 e. The zero-order chi connectivity index (χ0) is 84.5. The standard InChI is InChI=1S/C24H28Cl2N6.C24H33N7.C23H26Cl2N6.C23H27ClN6/c1-30-13-14-31(15-24(30)10-11-24)20-9-3-8-19-29-22(23(26)32(19)20)18-7-2-6-17(28-18)21-16(25)5-4-12-27-21;1-17-7-6-12-26-22(17)18-8-4-9-19(29(18)3)23-24(25)31-20(27-23)10-5-11-21(31)30-15-13-28(2)14-16-30;24-15-4-3-11-26-20(15)16-5-1-6-17(28-16)21-22(25)31-18(29-21)7-2-8-19(31)30-13-12-27-23(14-30)9-10-23;24-16-4-3-11-25-22(16)18-6-1-5-17(27-18)19-14-30-20(28-19)7-2-8-21(30)29-13-12-26-23(15-29)9-10-23/h3-5,8-9,12,17-18,28H,2,6-7,10-11,13-15H2,1H3;5-7,10-12,18-19H,4,8-9,13-16,25H2,1-3H3;2-4,7-8,11,16-17,27-28H,1,5-6,9-10,12-14H2;2-4,7-8,11,14,17-18,26-27H,1,5-6,9-10,12-13,15H2/t17-,18+;18-,19+;16-,17+;17-,18+/m0001/s1. The van der Waals surface area contributed by atoms with Gasteiger partial charge in [0, 0.05) is 133 Å². The van der Waals surface area contributed by atoms with E-state index in [9.17, 15) is 0 Å². The Morgan fingerprint density at radius 3 is 1.29 bits per heavy atom. The van der Waals surface area contributed by atoms with Crippen LogP contribution < -0.4 is 51.9 Å². The molecule has 23 rings (SSSR count). The molecule has 7 N–H and O–H groups in total. The van der Waals surface area contributed by atoms with Gasteiger partial charge in [0.2, 0.25) is 0 Å². The van der Waals surface area contributed by atoms with Gasteiger partial charge in [-0.05, 0) is 240 Å². The number of nitrogens with one attached hydrogen (secondary N) is 5. The van der Waals surface area contributed by atoms with Crippen molar-refractivity contribution in [3.8, 4) is 0 Å². The maximum Gasteiger partial charge on any atom is 0.140 e. The van der Waals surface area contributed by atoms with Crippen molar-refractivity contribution in [2.45, 2.75) is 187 Å². The minimum Gasteiger partial charge on any atom is -0.383 e. The van der Waals surface area contributed by atoms with Gasteiger partial charge in [0.15, 0.2) is 0 Å². The third-order valence-corrected chi connectivity index (χ3v) is 30.3. The molecule has 0 bridgehead atoms. The van der Waals surface area contributed by atoms with E-state index in [1.54, 1.807) is 12.4 Å². The molecule has 124 heavy (non-hydrogen) atoms. The zero-order valence-electron chi connectivity index (χ0n) is 71.4. The summed E-state index contributed by atoms with van der Waals surface area (Å²) in [7, 11) is 6.64. The molecule has 11 aliphatic rings. The molecule has 0 unspecified atom stereocenters. The molecule has 12 aromatic rings. The number of nitrogen functional groups attached to an aromatic ring is 1. The number of aromatic nitrogens is 12. The number of anilines is 5. The number of likely N-dealkylation sites (tertiary alicyclic amines) is 1. The van der Waals surface area contributed by atoms with Crippen LogP contribution in [-0.4, -0.2) is 195 Å². The highest BCUT2D eigenvalue weighted by atomic mass is 35.5. The number of hydrogen-bond donors (Lipinski definition) is 6. The maximum absolute atomic E-state index is 7.04. The minimum absolute atomic E-state index is 0.0781. The van der Waals surface area contributed by atoms with Crippen LogP contribution in [0.4, 0.5) is 29.1 Å². The Bertz CT molecular complexity index is 5830.